The molecule has 3 rings (SSSR count). The van der Waals surface area contributed by atoms with E-state index in [1.54, 1.807) is 4.90 Å². The monoisotopic (exact) mass is 588 g/mol. The van der Waals surface area contributed by atoms with Gasteiger partial charge in [0.2, 0.25) is 10.0 Å². The Bertz CT molecular complexity index is 1290. The van der Waals surface area contributed by atoms with E-state index in [9.17, 15) is 22.9 Å². The maximum absolute atomic E-state index is 13.7. The number of nitrogens with zero attached hydrogens (tertiary/aromatic N) is 2. The Morgan fingerprint density at radius 3 is 2.60 bits per heavy atom. The summed E-state index contributed by atoms with van der Waals surface area (Å²) < 4.78 is 49.5. The molecule has 192 valence electrons. The van der Waals surface area contributed by atoms with Crippen LogP contribution in [0, 0.1) is 5.41 Å². The van der Waals surface area contributed by atoms with Crippen LogP contribution in [0.25, 0.3) is 0 Å². The Morgan fingerprint density at radius 2 is 2.06 bits per heavy atom. The van der Waals surface area contributed by atoms with Gasteiger partial charge < -0.3 is 19.8 Å². The summed E-state index contributed by atoms with van der Waals surface area (Å²) in [5.74, 6) is -0.654. The van der Waals surface area contributed by atoms with Gasteiger partial charge in [-0.25, -0.2) is 8.42 Å². The molecule has 0 saturated carbocycles. The first-order chi connectivity index (χ1) is 16.1. The maximum Gasteiger partial charge on any atom is 0.348 e. The van der Waals surface area contributed by atoms with Crippen LogP contribution in [0.1, 0.15) is 33.6 Å². The highest BCUT2D eigenvalue weighted by Gasteiger charge is 2.48. The number of nitrogens with one attached hydrogen (secondary N) is 2. The van der Waals surface area contributed by atoms with E-state index in [-0.39, 0.29) is 28.2 Å². The van der Waals surface area contributed by atoms with E-state index in [1.165, 1.54) is 25.3 Å². The Labute approximate surface area is 214 Å². The molecule has 10 nitrogen and oxygen atoms in total. The van der Waals surface area contributed by atoms with Gasteiger partial charge in [0.1, 0.15) is 11.3 Å². The van der Waals surface area contributed by atoms with E-state index in [4.69, 9.17) is 4.52 Å². The average molecular weight is 589 g/mol. The van der Waals surface area contributed by atoms with Crippen molar-refractivity contribution in [2.45, 2.75) is 39.7 Å². The highest BCUT2D eigenvalue weighted by molar-refractivity contribution is 9.11. The predicted octanol–water partition coefficient (Wildman–Crippen LogP) is 4.10. The molecule has 0 aliphatic carbocycles. The van der Waals surface area contributed by atoms with Gasteiger partial charge in [-0.3, -0.25) is 14.1 Å². The van der Waals surface area contributed by atoms with E-state index in [0.29, 0.717) is 25.1 Å². The van der Waals surface area contributed by atoms with Gasteiger partial charge in [-0.15, -0.1) is 0 Å². The molecule has 0 aromatic heterocycles. The van der Waals surface area contributed by atoms with Crippen LogP contribution in [0.15, 0.2) is 45.4 Å². The molecular formula is C22H30BrN4O6PS. The minimum absolute atomic E-state index is 0.0596. The number of halogens is 1. The lowest BCUT2D eigenvalue weighted by Crippen LogP contribution is -2.44. The molecule has 2 aliphatic rings. The highest BCUT2D eigenvalue weighted by Crippen LogP contribution is 2.52. The summed E-state index contributed by atoms with van der Waals surface area (Å²) in [4.78, 5) is 15.1. The second-order valence-corrected chi connectivity index (χ2v) is 14.5. The first kappa shape index (κ1) is 27.4. The number of fused-ring (bicyclic) bond motifs is 1. The SMILES string of the molecule is C=C(Br)CCCN1C(=O)C(C2=NP(=O)(OC)c3cc(NS(C)(=O)=O)ccc3N2)=C(O)C1C(C)(C)C. The van der Waals surface area contributed by atoms with Crippen molar-refractivity contribution >= 4 is 61.9 Å². The van der Waals surface area contributed by atoms with Crippen LogP contribution >= 0.6 is 23.4 Å². The number of aliphatic hydroxyl groups excluding tert-OH is 1. The molecule has 0 bridgehead atoms. The van der Waals surface area contributed by atoms with E-state index >= 15 is 0 Å². The minimum atomic E-state index is -3.90. The lowest BCUT2D eigenvalue weighted by atomic mass is 9.85. The molecule has 1 amide bonds. The topological polar surface area (TPSA) is 137 Å². The number of carbonyl (C=O) groups excluding carboxylic acids is 1. The van der Waals surface area contributed by atoms with Crippen LogP contribution in [0.3, 0.4) is 0 Å². The summed E-state index contributed by atoms with van der Waals surface area (Å²) in [6.45, 7) is 9.96. The van der Waals surface area contributed by atoms with Gasteiger partial charge in [-0.2, -0.15) is 4.76 Å². The van der Waals surface area contributed by atoms with Crippen molar-refractivity contribution in [3.05, 3.63) is 40.6 Å². The molecule has 13 heteroatoms. The number of carbonyl (C=O) groups is 1. The largest absolute Gasteiger partial charge is 0.509 e. The van der Waals surface area contributed by atoms with Crippen molar-refractivity contribution in [1.82, 2.24) is 4.90 Å². The third-order valence-electron chi connectivity index (χ3n) is 5.54. The van der Waals surface area contributed by atoms with E-state index in [0.717, 1.165) is 10.7 Å². The Morgan fingerprint density at radius 1 is 1.40 bits per heavy atom. The number of amidine groups is 1. The fourth-order valence-electron chi connectivity index (χ4n) is 4.17. The zero-order chi connectivity index (χ0) is 26.3. The van der Waals surface area contributed by atoms with Gasteiger partial charge in [-0.1, -0.05) is 43.3 Å². The fourth-order valence-corrected chi connectivity index (χ4v) is 6.54. The van der Waals surface area contributed by atoms with E-state index in [2.05, 4.69) is 37.3 Å². The Hall–Kier alpha value is -2.14. The minimum Gasteiger partial charge on any atom is -0.509 e. The second kappa shape index (κ2) is 9.72. The van der Waals surface area contributed by atoms with E-state index < -0.39 is 34.9 Å². The third-order valence-corrected chi connectivity index (χ3v) is 8.48. The van der Waals surface area contributed by atoms with Crippen LogP contribution in [0.4, 0.5) is 11.4 Å². The van der Waals surface area contributed by atoms with Gasteiger partial charge in [-0.05, 0) is 40.9 Å². The molecule has 2 atom stereocenters. The molecule has 35 heavy (non-hydrogen) atoms. The summed E-state index contributed by atoms with van der Waals surface area (Å²) in [7, 11) is -6.24. The van der Waals surface area contributed by atoms with Gasteiger partial charge in [0.15, 0.2) is 5.84 Å². The summed E-state index contributed by atoms with van der Waals surface area (Å²) in [5.41, 5.74) is -0.0372. The number of sulfonamides is 1. The molecule has 1 aromatic carbocycles. The summed E-state index contributed by atoms with van der Waals surface area (Å²) in [6, 6.07) is 3.76. The number of aliphatic hydroxyl groups is 1. The molecule has 2 heterocycles. The van der Waals surface area contributed by atoms with Crippen LogP contribution in [-0.4, -0.2) is 56.1 Å². The number of hydrogen-bond donors (Lipinski definition) is 3. The molecule has 1 aromatic rings. The predicted molar refractivity (Wildman–Crippen MR) is 142 cm³/mol. The number of amides is 1. The van der Waals surface area contributed by atoms with Crippen molar-refractivity contribution < 1.29 is 27.4 Å². The molecule has 2 aliphatic heterocycles. The average Bonchev–Trinajstić information content (AvgIpc) is 2.96. The first-order valence-electron chi connectivity index (χ1n) is 10.8. The lowest BCUT2D eigenvalue weighted by molar-refractivity contribution is -0.128. The quantitative estimate of drug-likeness (QED) is 0.388. The number of rotatable bonds is 8. The van der Waals surface area contributed by atoms with Crippen LogP contribution < -0.4 is 15.3 Å². The van der Waals surface area contributed by atoms with Crippen molar-refractivity contribution in [2.75, 3.05) is 29.9 Å². The third kappa shape index (κ3) is 5.82. The molecule has 0 spiro atoms. The number of benzene rings is 1. The summed E-state index contributed by atoms with van der Waals surface area (Å²) in [5, 5.41) is 14.3. The lowest BCUT2D eigenvalue weighted by Gasteiger charge is -2.35. The van der Waals surface area contributed by atoms with E-state index in [1.807, 2.05) is 20.8 Å². The van der Waals surface area contributed by atoms with Gasteiger partial charge in [0.25, 0.3) is 5.91 Å². The zero-order valence-electron chi connectivity index (χ0n) is 20.3. The Kier molecular flexibility index (Phi) is 7.63. The number of hydrogen-bond acceptors (Lipinski definition) is 7. The molecule has 0 saturated heterocycles. The van der Waals surface area contributed by atoms with Gasteiger partial charge in [0.05, 0.1) is 23.3 Å². The van der Waals surface area contributed by atoms with Crippen LogP contribution in [0.2, 0.25) is 0 Å². The highest BCUT2D eigenvalue weighted by atomic mass is 79.9. The second-order valence-electron chi connectivity index (χ2n) is 9.53. The van der Waals surface area contributed by atoms with Crippen molar-refractivity contribution in [1.29, 1.82) is 0 Å². The number of anilines is 2. The summed E-state index contributed by atoms with van der Waals surface area (Å²) in [6.07, 6.45) is 2.30. The molecular weight excluding hydrogens is 559 g/mol. The fraction of sp³-hybridized carbons (Fsp3) is 0.455. The maximum atomic E-state index is 13.7. The smallest absolute Gasteiger partial charge is 0.348 e. The van der Waals surface area contributed by atoms with Crippen molar-refractivity contribution in [3.63, 3.8) is 0 Å². The first-order valence-corrected chi connectivity index (χ1v) is 15.1. The normalized spacial score (nSPS) is 22.6. The van der Waals surface area contributed by atoms with Crippen molar-refractivity contribution in [2.24, 2.45) is 10.2 Å². The standard InChI is InChI=1S/C22H30BrN4O6PS/c1-13(23)8-7-11-27-19(22(2,3)4)18(28)17(21(27)29)20-24-15-10-9-14(26-35(6,31)32)12-16(15)34(30,25-20)33-5/h9-10,12,19,26,28H,1,7-8,11H2,2-6H3,(H,24,25,30). The Balaban J connectivity index is 2.05. The molecule has 0 radical (unpaired) electrons. The van der Waals surface area contributed by atoms with Gasteiger partial charge >= 0.3 is 7.52 Å². The number of allylic oxidation sites excluding steroid dienone is 1. The van der Waals surface area contributed by atoms with Crippen molar-refractivity contribution in [3.8, 4) is 0 Å². The molecule has 3 N–H and O–H groups in total. The zero-order valence-corrected chi connectivity index (χ0v) is 23.6. The van der Waals surface area contributed by atoms with Crippen LogP contribution in [-0.2, 0) is 23.9 Å². The summed E-state index contributed by atoms with van der Waals surface area (Å²) >= 11 is 3.33. The van der Waals surface area contributed by atoms with Gasteiger partial charge in [0, 0.05) is 19.3 Å². The molecule has 0 fully saturated rings. The van der Waals surface area contributed by atoms with Crippen LogP contribution in [0.5, 0.6) is 0 Å². The molecule has 2 unspecified atom stereocenters.